The molecule has 117 valence electrons. The topological polar surface area (TPSA) is 85.1 Å². The Balaban J connectivity index is 2.26. The Morgan fingerprint density at radius 3 is 2.62 bits per heavy atom. The van der Waals surface area contributed by atoms with E-state index >= 15 is 0 Å². The largest absolute Gasteiger partial charge is 0.423 e. The van der Waals surface area contributed by atoms with Gasteiger partial charge in [0.15, 0.2) is 0 Å². The Bertz CT molecular complexity index is 529. The Morgan fingerprint density at radius 1 is 1.38 bits per heavy atom. The molecular weight excluding hydrogens is 342 g/mol. The molecule has 10 heteroatoms. The van der Waals surface area contributed by atoms with Crippen molar-refractivity contribution in [2.45, 2.75) is 6.61 Å². The van der Waals surface area contributed by atoms with Crippen molar-refractivity contribution in [3.8, 4) is 5.75 Å². The van der Waals surface area contributed by atoms with Crippen molar-refractivity contribution in [2.24, 2.45) is 0 Å². The molecule has 0 saturated carbocycles. The molecule has 0 spiro atoms. The number of nitrogens with zero attached hydrogens (tertiary/aromatic N) is 2. The van der Waals surface area contributed by atoms with Gasteiger partial charge in [-0.05, 0) is 6.07 Å². The first-order chi connectivity index (χ1) is 10.00. The summed E-state index contributed by atoms with van der Waals surface area (Å²) in [6, 6.07) is 4.19. The van der Waals surface area contributed by atoms with Crippen LogP contribution in [0.4, 0.5) is 5.69 Å². The Labute approximate surface area is 132 Å². The van der Waals surface area contributed by atoms with E-state index in [9.17, 15) is 15.0 Å². The van der Waals surface area contributed by atoms with Crippen LogP contribution in [0.3, 0.4) is 0 Å². The van der Waals surface area contributed by atoms with Crippen LogP contribution < -0.4 is 4.52 Å². The van der Waals surface area contributed by atoms with Gasteiger partial charge in [-0.15, -0.1) is 23.2 Å². The molecule has 0 saturated heterocycles. The van der Waals surface area contributed by atoms with E-state index in [4.69, 9.17) is 32.2 Å². The highest BCUT2D eigenvalue weighted by molar-refractivity contribution is 7.58. The van der Waals surface area contributed by atoms with E-state index in [0.717, 1.165) is 0 Å². The highest BCUT2D eigenvalue weighted by atomic mass is 35.5. The van der Waals surface area contributed by atoms with Crippen molar-refractivity contribution in [1.82, 2.24) is 4.67 Å². The first-order valence-electron chi connectivity index (χ1n) is 6.11. The van der Waals surface area contributed by atoms with Gasteiger partial charge in [0.05, 0.1) is 17.6 Å². The minimum atomic E-state index is -3.35. The third-order valence-corrected chi connectivity index (χ3v) is 5.26. The lowest BCUT2D eigenvalue weighted by Gasteiger charge is -2.40. The predicted octanol–water partition coefficient (Wildman–Crippen LogP) is 2.95. The van der Waals surface area contributed by atoms with Gasteiger partial charge in [0.1, 0.15) is 5.75 Å². The number of non-ortho nitro benzene ring substituents is 1. The average Bonchev–Trinajstić information content (AvgIpc) is 2.46. The summed E-state index contributed by atoms with van der Waals surface area (Å²) in [5.74, 6) is 0.793. The zero-order valence-corrected chi connectivity index (χ0v) is 13.4. The van der Waals surface area contributed by atoms with Crippen LogP contribution in [0.25, 0.3) is 0 Å². The molecular formula is C11H14Cl2N2O5P. The molecule has 1 aromatic carbocycles. The monoisotopic (exact) mass is 355 g/mol. The van der Waals surface area contributed by atoms with E-state index < -0.39 is 13.0 Å². The number of nitro groups is 1. The molecule has 1 unspecified atom stereocenters. The average molecular weight is 356 g/mol. The van der Waals surface area contributed by atoms with Crippen LogP contribution in [0.15, 0.2) is 18.2 Å². The van der Waals surface area contributed by atoms with E-state index in [-0.39, 0.29) is 29.8 Å². The quantitative estimate of drug-likeness (QED) is 0.365. The summed E-state index contributed by atoms with van der Waals surface area (Å²) in [6.45, 7) is 0.782. The summed E-state index contributed by atoms with van der Waals surface area (Å²) in [5.41, 5.74) is 0.533. The number of alkyl halides is 2. The van der Waals surface area contributed by atoms with Crippen molar-refractivity contribution in [3.63, 3.8) is 0 Å². The maximum atomic E-state index is 10.8. The van der Waals surface area contributed by atoms with Crippen LogP contribution in [-0.2, 0) is 11.1 Å². The minimum absolute atomic E-state index is 0.108. The fourth-order valence-corrected chi connectivity index (χ4v) is 4.28. The number of benzene rings is 1. The van der Waals surface area contributed by atoms with Gasteiger partial charge < -0.3 is 9.42 Å². The van der Waals surface area contributed by atoms with Crippen LogP contribution >= 0.6 is 31.3 Å². The van der Waals surface area contributed by atoms with Crippen molar-refractivity contribution >= 4 is 37.0 Å². The lowest BCUT2D eigenvalue weighted by atomic mass is 10.2. The molecule has 0 fully saturated rings. The maximum Gasteiger partial charge on any atom is 0.365 e. The van der Waals surface area contributed by atoms with Crippen molar-refractivity contribution in [3.05, 3.63) is 33.9 Å². The fraction of sp³-hybridized carbons (Fsp3) is 0.455. The normalized spacial score (nSPS) is 21.0. The lowest BCUT2D eigenvalue weighted by Crippen LogP contribution is -2.33. The second-order valence-electron chi connectivity index (χ2n) is 4.24. The molecule has 1 heterocycles. The fourth-order valence-electron chi connectivity index (χ4n) is 1.87. The Hall–Kier alpha value is -0.690. The van der Waals surface area contributed by atoms with Crippen LogP contribution in [-0.4, -0.2) is 39.3 Å². The smallest absolute Gasteiger partial charge is 0.365 e. The number of fused-ring (bicyclic) bond motifs is 1. The highest BCUT2D eigenvalue weighted by Crippen LogP contribution is 2.63. The first-order valence-corrected chi connectivity index (χ1v) is 8.70. The van der Waals surface area contributed by atoms with Gasteiger partial charge >= 0.3 is 8.09 Å². The molecule has 21 heavy (non-hydrogen) atoms. The number of rotatable bonds is 6. The lowest BCUT2D eigenvalue weighted by molar-refractivity contribution is -0.384. The summed E-state index contributed by atoms with van der Waals surface area (Å²) in [7, 11) is -3.35. The van der Waals surface area contributed by atoms with Gasteiger partial charge in [0.2, 0.25) is 0 Å². The van der Waals surface area contributed by atoms with Crippen LogP contribution in [0.2, 0.25) is 0 Å². The molecule has 2 rings (SSSR count). The third kappa shape index (κ3) is 3.74. The molecule has 0 aliphatic carbocycles. The van der Waals surface area contributed by atoms with Gasteiger partial charge in [0, 0.05) is 36.5 Å². The maximum absolute atomic E-state index is 10.8. The molecule has 1 radical (unpaired) electrons. The van der Waals surface area contributed by atoms with Gasteiger partial charge in [-0.25, -0.2) is 4.67 Å². The number of halogens is 2. The van der Waals surface area contributed by atoms with E-state index in [1.165, 1.54) is 16.8 Å². The molecule has 0 amide bonds. The summed E-state index contributed by atoms with van der Waals surface area (Å²) >= 11 is 11.4. The SMILES string of the molecule is O=[N+]([O-])c1ccc2c(c1)O[P](O)(N(CCCl)CCCl)OC2. The molecule has 1 aliphatic rings. The van der Waals surface area contributed by atoms with Crippen molar-refractivity contribution in [1.29, 1.82) is 0 Å². The van der Waals surface area contributed by atoms with E-state index in [1.807, 2.05) is 0 Å². The zero-order chi connectivity index (χ0) is 15.5. The van der Waals surface area contributed by atoms with Gasteiger partial charge in [0.25, 0.3) is 5.69 Å². The number of nitro benzene ring substituents is 1. The molecule has 7 nitrogen and oxygen atoms in total. The highest BCUT2D eigenvalue weighted by Gasteiger charge is 2.41. The number of hydrogen-bond donors (Lipinski definition) is 1. The predicted molar refractivity (Wildman–Crippen MR) is 80.7 cm³/mol. The molecule has 1 N–H and O–H groups in total. The Morgan fingerprint density at radius 2 is 2.05 bits per heavy atom. The van der Waals surface area contributed by atoms with Crippen LogP contribution in [0.5, 0.6) is 5.75 Å². The van der Waals surface area contributed by atoms with Gasteiger partial charge in [-0.1, -0.05) is 0 Å². The standard InChI is InChI=1S/C11H14Cl2N2O5P/c12-3-5-14(6-4-13)21(18)19-8-9-1-2-10(15(16)17)7-11(9)20-21/h1-2,7,18H,3-6,8H2. The third-order valence-electron chi connectivity index (χ3n) is 2.91. The number of hydrogen-bond acceptors (Lipinski definition) is 6. The second kappa shape index (κ2) is 7.05. The van der Waals surface area contributed by atoms with Gasteiger partial charge in [-0.2, -0.15) is 0 Å². The van der Waals surface area contributed by atoms with Crippen LogP contribution in [0.1, 0.15) is 5.56 Å². The molecule has 0 aromatic heterocycles. The van der Waals surface area contributed by atoms with Crippen LogP contribution in [0, 0.1) is 10.1 Å². The van der Waals surface area contributed by atoms with Gasteiger partial charge in [-0.3, -0.25) is 14.6 Å². The zero-order valence-electron chi connectivity index (χ0n) is 10.9. The molecule has 1 aromatic rings. The molecule has 1 atom stereocenters. The molecule has 1 aliphatic heterocycles. The van der Waals surface area contributed by atoms with E-state index in [0.29, 0.717) is 18.7 Å². The first kappa shape index (κ1) is 16.7. The summed E-state index contributed by atoms with van der Waals surface area (Å²) < 4.78 is 12.5. The van der Waals surface area contributed by atoms with E-state index in [1.54, 1.807) is 6.07 Å². The summed E-state index contributed by atoms with van der Waals surface area (Å²) in [4.78, 5) is 20.9. The minimum Gasteiger partial charge on any atom is -0.423 e. The van der Waals surface area contributed by atoms with Crippen molar-refractivity contribution < 1.29 is 18.9 Å². The molecule has 0 bridgehead atoms. The second-order valence-corrected chi connectivity index (χ2v) is 6.98. The summed E-state index contributed by atoms with van der Waals surface area (Å²) in [6.07, 6.45) is 0. The Kier molecular flexibility index (Phi) is 5.60. The summed E-state index contributed by atoms with van der Waals surface area (Å²) in [5, 5.41) is 10.8. The van der Waals surface area contributed by atoms with Crippen molar-refractivity contribution in [2.75, 3.05) is 24.8 Å². The van der Waals surface area contributed by atoms with E-state index in [2.05, 4.69) is 0 Å².